The molecule has 1 fully saturated rings. The monoisotopic (exact) mass is 259 g/mol. The molecule has 1 aliphatic heterocycles. The van der Waals surface area contributed by atoms with Crippen molar-refractivity contribution >= 4 is 17.5 Å². The molecule has 2 rings (SSSR count). The molecule has 2 nitrogen and oxygen atoms in total. The minimum Gasteiger partial charge on any atom is -0.341 e. The van der Waals surface area contributed by atoms with E-state index in [-0.39, 0.29) is 11.5 Å². The number of alkyl halides is 1. The molecule has 0 spiro atoms. The number of likely N-dealkylation sites (tertiary alicyclic amines) is 1. The van der Waals surface area contributed by atoms with Crippen LogP contribution in [0.3, 0.4) is 0 Å². The van der Waals surface area contributed by atoms with Crippen molar-refractivity contribution in [2.45, 2.75) is 18.2 Å². The normalized spacial score (nSPS) is 17.2. The second kappa shape index (κ2) is 5.00. The molecule has 0 N–H and O–H groups in total. The van der Waals surface area contributed by atoms with Gasteiger partial charge in [0.05, 0.1) is 0 Å². The summed E-state index contributed by atoms with van der Waals surface area (Å²) < 4.78 is 26.5. The van der Waals surface area contributed by atoms with Gasteiger partial charge in [-0.15, -0.1) is 11.6 Å². The molecule has 92 valence electrons. The molecular weight excluding hydrogens is 248 g/mol. The van der Waals surface area contributed by atoms with E-state index in [2.05, 4.69) is 0 Å². The van der Waals surface area contributed by atoms with E-state index in [1.807, 2.05) is 0 Å². The predicted octanol–water partition coefficient (Wildman–Crippen LogP) is 2.87. The molecule has 1 unspecified atom stereocenters. The molecule has 1 heterocycles. The lowest BCUT2D eigenvalue weighted by Gasteiger charge is -2.19. The van der Waals surface area contributed by atoms with Gasteiger partial charge in [-0.05, 0) is 18.9 Å². The van der Waals surface area contributed by atoms with Gasteiger partial charge in [-0.2, -0.15) is 0 Å². The van der Waals surface area contributed by atoms with Crippen LogP contribution in [0.1, 0.15) is 23.8 Å². The number of rotatable bonds is 2. The van der Waals surface area contributed by atoms with Crippen LogP contribution in [0.15, 0.2) is 18.2 Å². The van der Waals surface area contributed by atoms with E-state index in [4.69, 9.17) is 11.6 Å². The number of carbonyl (C=O) groups excluding carboxylic acids is 1. The maximum absolute atomic E-state index is 13.5. The van der Waals surface area contributed by atoms with Crippen molar-refractivity contribution in [3.05, 3.63) is 35.4 Å². The molecule has 1 amide bonds. The molecule has 0 saturated carbocycles. The Labute approximate surface area is 103 Å². The Morgan fingerprint density at radius 2 is 1.94 bits per heavy atom. The van der Waals surface area contributed by atoms with Crippen LogP contribution in [-0.4, -0.2) is 23.9 Å². The Bertz CT molecular complexity index is 433. The quantitative estimate of drug-likeness (QED) is 0.748. The van der Waals surface area contributed by atoms with Crippen molar-refractivity contribution in [1.29, 1.82) is 0 Å². The van der Waals surface area contributed by atoms with Crippen molar-refractivity contribution in [2.75, 3.05) is 13.1 Å². The predicted molar refractivity (Wildman–Crippen MR) is 60.8 cm³/mol. The Kier molecular flexibility index (Phi) is 3.62. The van der Waals surface area contributed by atoms with Crippen LogP contribution in [-0.2, 0) is 4.79 Å². The van der Waals surface area contributed by atoms with Crippen molar-refractivity contribution in [1.82, 2.24) is 4.90 Å². The van der Waals surface area contributed by atoms with Crippen LogP contribution in [0.2, 0.25) is 0 Å². The first-order valence-electron chi connectivity index (χ1n) is 5.48. The molecule has 1 aromatic carbocycles. The van der Waals surface area contributed by atoms with Gasteiger partial charge in [-0.1, -0.05) is 12.1 Å². The van der Waals surface area contributed by atoms with Crippen molar-refractivity contribution in [2.24, 2.45) is 0 Å². The number of nitrogens with zero attached hydrogens (tertiary/aromatic N) is 1. The lowest BCUT2D eigenvalue weighted by Crippen LogP contribution is -2.31. The fraction of sp³-hybridized carbons (Fsp3) is 0.417. The zero-order valence-electron chi connectivity index (χ0n) is 9.13. The highest BCUT2D eigenvalue weighted by Gasteiger charge is 2.28. The maximum Gasteiger partial charge on any atom is 0.245 e. The van der Waals surface area contributed by atoms with E-state index in [0.29, 0.717) is 13.1 Å². The first-order chi connectivity index (χ1) is 8.11. The van der Waals surface area contributed by atoms with Crippen molar-refractivity contribution < 1.29 is 13.6 Å². The van der Waals surface area contributed by atoms with E-state index in [1.165, 1.54) is 12.1 Å². The number of halogens is 3. The number of amides is 1. The summed E-state index contributed by atoms with van der Waals surface area (Å²) in [6, 6.07) is 3.69. The van der Waals surface area contributed by atoms with Gasteiger partial charge in [-0.25, -0.2) is 8.78 Å². The topological polar surface area (TPSA) is 20.3 Å². The highest BCUT2D eigenvalue weighted by Crippen LogP contribution is 2.28. The number of carbonyl (C=O) groups is 1. The van der Waals surface area contributed by atoms with Crippen molar-refractivity contribution in [3.8, 4) is 0 Å². The second-order valence-corrected chi connectivity index (χ2v) is 4.47. The molecule has 1 aliphatic rings. The second-order valence-electron chi connectivity index (χ2n) is 4.04. The fourth-order valence-electron chi connectivity index (χ4n) is 1.95. The smallest absolute Gasteiger partial charge is 0.245 e. The molecule has 1 saturated heterocycles. The summed E-state index contributed by atoms with van der Waals surface area (Å²) in [7, 11) is 0. The van der Waals surface area contributed by atoms with Gasteiger partial charge in [0, 0.05) is 18.7 Å². The lowest BCUT2D eigenvalue weighted by molar-refractivity contribution is -0.129. The largest absolute Gasteiger partial charge is 0.341 e. The van der Waals surface area contributed by atoms with Gasteiger partial charge >= 0.3 is 0 Å². The lowest BCUT2D eigenvalue weighted by atomic mass is 10.1. The van der Waals surface area contributed by atoms with Gasteiger partial charge in [0.15, 0.2) is 11.6 Å². The molecule has 17 heavy (non-hydrogen) atoms. The zero-order valence-corrected chi connectivity index (χ0v) is 9.88. The third-order valence-corrected chi connectivity index (χ3v) is 3.31. The molecular formula is C12H12ClF2NO. The summed E-state index contributed by atoms with van der Waals surface area (Å²) in [6.45, 7) is 1.28. The minimum atomic E-state index is -1.15. The third-order valence-electron chi connectivity index (χ3n) is 2.89. The average molecular weight is 260 g/mol. The SMILES string of the molecule is O=C(C(Cl)c1cccc(F)c1F)N1CCCC1. The summed E-state index contributed by atoms with van der Waals surface area (Å²) in [6.07, 6.45) is 1.86. The molecule has 0 radical (unpaired) electrons. The van der Waals surface area contributed by atoms with Crippen molar-refractivity contribution in [3.63, 3.8) is 0 Å². The molecule has 1 aromatic rings. The van der Waals surface area contributed by atoms with E-state index >= 15 is 0 Å². The van der Waals surface area contributed by atoms with Crippen LogP contribution >= 0.6 is 11.6 Å². The summed E-state index contributed by atoms with van der Waals surface area (Å²) >= 11 is 5.92. The Morgan fingerprint density at radius 1 is 1.29 bits per heavy atom. The van der Waals surface area contributed by atoms with Crippen LogP contribution in [0.25, 0.3) is 0 Å². The van der Waals surface area contributed by atoms with Crippen LogP contribution in [0.5, 0.6) is 0 Å². The maximum atomic E-state index is 13.5. The van der Waals surface area contributed by atoms with E-state index in [0.717, 1.165) is 18.9 Å². The number of hydrogen-bond donors (Lipinski definition) is 0. The Morgan fingerprint density at radius 3 is 2.59 bits per heavy atom. The summed E-state index contributed by atoms with van der Waals surface area (Å²) in [5, 5.41) is -1.15. The average Bonchev–Trinajstić information content (AvgIpc) is 2.84. The molecule has 5 heteroatoms. The highest BCUT2D eigenvalue weighted by atomic mass is 35.5. The third kappa shape index (κ3) is 2.41. The first-order valence-corrected chi connectivity index (χ1v) is 5.91. The van der Waals surface area contributed by atoms with Crippen LogP contribution in [0, 0.1) is 11.6 Å². The first kappa shape index (κ1) is 12.3. The molecule has 0 aromatic heterocycles. The zero-order chi connectivity index (χ0) is 12.4. The van der Waals surface area contributed by atoms with Crippen LogP contribution in [0.4, 0.5) is 8.78 Å². The molecule has 0 bridgehead atoms. The van der Waals surface area contributed by atoms with E-state index in [1.54, 1.807) is 4.90 Å². The molecule has 0 aliphatic carbocycles. The minimum absolute atomic E-state index is 0.0939. The number of hydrogen-bond acceptors (Lipinski definition) is 1. The van der Waals surface area contributed by atoms with E-state index in [9.17, 15) is 13.6 Å². The van der Waals surface area contributed by atoms with Gasteiger partial charge in [0.2, 0.25) is 5.91 Å². The fourth-order valence-corrected chi connectivity index (χ4v) is 2.25. The van der Waals surface area contributed by atoms with Gasteiger partial charge < -0.3 is 4.90 Å². The van der Waals surface area contributed by atoms with Gasteiger partial charge in [0.1, 0.15) is 5.38 Å². The summed E-state index contributed by atoms with van der Waals surface area (Å²) in [4.78, 5) is 13.5. The Hall–Kier alpha value is -1.16. The van der Waals surface area contributed by atoms with Crippen LogP contribution < -0.4 is 0 Å². The highest BCUT2D eigenvalue weighted by molar-refractivity contribution is 6.30. The standard InChI is InChI=1S/C12H12ClF2NO/c13-10(12(17)16-6-1-2-7-16)8-4-3-5-9(14)11(8)15/h3-5,10H,1-2,6-7H2. The number of benzene rings is 1. The molecule has 1 atom stereocenters. The van der Waals surface area contributed by atoms with Gasteiger partial charge in [-0.3, -0.25) is 4.79 Å². The summed E-state index contributed by atoms with van der Waals surface area (Å²) in [5.74, 6) is -2.38. The summed E-state index contributed by atoms with van der Waals surface area (Å²) in [5.41, 5.74) is -0.0939. The Balaban J connectivity index is 2.21. The van der Waals surface area contributed by atoms with E-state index < -0.39 is 17.0 Å². The van der Waals surface area contributed by atoms with Gasteiger partial charge in [0.25, 0.3) is 0 Å².